The third kappa shape index (κ3) is 5.20. The minimum atomic E-state index is -1.05. The molecule has 6 heteroatoms. The van der Waals surface area contributed by atoms with Gasteiger partial charge in [0.2, 0.25) is 0 Å². The zero-order valence-electron chi connectivity index (χ0n) is 10.4. The molecule has 0 radical (unpaired) electrons. The molecule has 2 N–H and O–H groups in total. The van der Waals surface area contributed by atoms with Gasteiger partial charge < -0.3 is 15.3 Å². The van der Waals surface area contributed by atoms with E-state index in [1.807, 2.05) is 19.9 Å². The molecule has 96 valence electrons. The van der Waals surface area contributed by atoms with Crippen molar-refractivity contribution in [3.8, 4) is 6.07 Å². The molecule has 0 aromatic carbocycles. The molecule has 0 bridgehead atoms. The number of carboxylic acid groups (broad SMARTS) is 1. The van der Waals surface area contributed by atoms with E-state index in [4.69, 9.17) is 10.4 Å². The maximum absolute atomic E-state index is 11.8. The standard InChI is InChI=1S/C11H19N3O3/c1-4-9(10(15)16)13-11(17)14(8(2)3)7-5-6-12/h8-9H,4-5,7H2,1-3H3,(H,13,17)(H,15,16). The van der Waals surface area contributed by atoms with Crippen LogP contribution in [0.1, 0.15) is 33.6 Å². The largest absolute Gasteiger partial charge is 0.480 e. The van der Waals surface area contributed by atoms with Crippen molar-refractivity contribution in [3.05, 3.63) is 0 Å². The van der Waals surface area contributed by atoms with Gasteiger partial charge in [-0.25, -0.2) is 9.59 Å². The van der Waals surface area contributed by atoms with Crippen LogP contribution >= 0.6 is 0 Å². The Kier molecular flexibility index (Phi) is 6.71. The molecule has 0 fully saturated rings. The maximum atomic E-state index is 11.8. The number of nitrogens with one attached hydrogen (secondary N) is 1. The van der Waals surface area contributed by atoms with E-state index in [1.54, 1.807) is 6.92 Å². The van der Waals surface area contributed by atoms with Crippen LogP contribution in [0.25, 0.3) is 0 Å². The van der Waals surface area contributed by atoms with Crippen molar-refractivity contribution < 1.29 is 14.7 Å². The van der Waals surface area contributed by atoms with Gasteiger partial charge in [-0.15, -0.1) is 0 Å². The minimum absolute atomic E-state index is 0.0744. The summed E-state index contributed by atoms with van der Waals surface area (Å²) in [7, 11) is 0. The Balaban J connectivity index is 4.51. The fraction of sp³-hybridized carbons (Fsp3) is 0.727. The van der Waals surface area contributed by atoms with Crippen LogP contribution in [0, 0.1) is 11.3 Å². The molecule has 2 amide bonds. The molecule has 17 heavy (non-hydrogen) atoms. The summed E-state index contributed by atoms with van der Waals surface area (Å²) < 4.78 is 0. The Labute approximate surface area is 101 Å². The molecular weight excluding hydrogens is 222 g/mol. The zero-order valence-corrected chi connectivity index (χ0v) is 10.4. The first-order valence-corrected chi connectivity index (χ1v) is 5.60. The van der Waals surface area contributed by atoms with E-state index in [-0.39, 0.29) is 12.5 Å². The van der Waals surface area contributed by atoms with E-state index >= 15 is 0 Å². The van der Waals surface area contributed by atoms with Gasteiger partial charge >= 0.3 is 12.0 Å². The SMILES string of the molecule is CCC(NC(=O)N(CCC#N)C(C)C)C(=O)O. The normalized spacial score (nSPS) is 11.7. The number of rotatable bonds is 6. The van der Waals surface area contributed by atoms with Crippen molar-refractivity contribution in [1.29, 1.82) is 5.26 Å². The number of nitriles is 1. The second kappa shape index (κ2) is 7.49. The number of hydrogen-bond donors (Lipinski definition) is 2. The van der Waals surface area contributed by atoms with Crippen LogP contribution in [0.5, 0.6) is 0 Å². The first-order valence-electron chi connectivity index (χ1n) is 5.60. The highest BCUT2D eigenvalue weighted by molar-refractivity contribution is 5.82. The van der Waals surface area contributed by atoms with Crippen molar-refractivity contribution >= 4 is 12.0 Å². The van der Waals surface area contributed by atoms with Gasteiger partial charge in [-0.3, -0.25) is 0 Å². The van der Waals surface area contributed by atoms with Gasteiger partial charge in [-0.2, -0.15) is 5.26 Å². The summed E-state index contributed by atoms with van der Waals surface area (Å²) in [6.45, 7) is 5.63. The Morgan fingerprint density at radius 3 is 2.41 bits per heavy atom. The number of carbonyl (C=O) groups is 2. The minimum Gasteiger partial charge on any atom is -0.480 e. The van der Waals surface area contributed by atoms with E-state index in [1.165, 1.54) is 4.90 Å². The lowest BCUT2D eigenvalue weighted by molar-refractivity contribution is -0.139. The van der Waals surface area contributed by atoms with Crippen LogP contribution in [-0.2, 0) is 4.79 Å². The highest BCUT2D eigenvalue weighted by atomic mass is 16.4. The first kappa shape index (κ1) is 15.2. The van der Waals surface area contributed by atoms with Crippen LogP contribution in [0.15, 0.2) is 0 Å². The fourth-order valence-electron chi connectivity index (χ4n) is 1.34. The van der Waals surface area contributed by atoms with Crippen molar-refractivity contribution in [2.24, 2.45) is 0 Å². The van der Waals surface area contributed by atoms with Crippen molar-refractivity contribution in [1.82, 2.24) is 10.2 Å². The van der Waals surface area contributed by atoms with Gasteiger partial charge in [0.1, 0.15) is 6.04 Å². The Morgan fingerprint density at radius 2 is 2.06 bits per heavy atom. The summed E-state index contributed by atoms with van der Waals surface area (Å²) in [5, 5.41) is 19.8. The van der Waals surface area contributed by atoms with Gasteiger partial charge in [0.05, 0.1) is 12.5 Å². The molecule has 0 aromatic heterocycles. The van der Waals surface area contributed by atoms with Crippen molar-refractivity contribution in [3.63, 3.8) is 0 Å². The monoisotopic (exact) mass is 241 g/mol. The number of amides is 2. The summed E-state index contributed by atoms with van der Waals surface area (Å²) in [5.41, 5.74) is 0. The second-order valence-electron chi connectivity index (χ2n) is 3.94. The van der Waals surface area contributed by atoms with Gasteiger partial charge in [0.15, 0.2) is 0 Å². The fourth-order valence-corrected chi connectivity index (χ4v) is 1.34. The topological polar surface area (TPSA) is 93.4 Å². The van der Waals surface area contributed by atoms with Crippen LogP contribution in [0.4, 0.5) is 4.79 Å². The van der Waals surface area contributed by atoms with E-state index < -0.39 is 18.0 Å². The lowest BCUT2D eigenvalue weighted by Crippen LogP contribution is -2.50. The Bertz CT molecular complexity index is 310. The average molecular weight is 241 g/mol. The molecule has 0 saturated carbocycles. The summed E-state index contributed by atoms with van der Waals surface area (Å²) in [5.74, 6) is -1.05. The number of carboxylic acids is 1. The number of aliphatic carboxylic acids is 1. The predicted molar refractivity (Wildman–Crippen MR) is 62.3 cm³/mol. The molecule has 0 spiro atoms. The number of nitrogens with zero attached hydrogens (tertiary/aromatic N) is 2. The van der Waals surface area contributed by atoms with E-state index in [2.05, 4.69) is 5.32 Å². The maximum Gasteiger partial charge on any atom is 0.326 e. The highest BCUT2D eigenvalue weighted by Gasteiger charge is 2.22. The molecule has 0 aliphatic heterocycles. The van der Waals surface area contributed by atoms with Crippen molar-refractivity contribution in [2.45, 2.75) is 45.7 Å². The Hall–Kier alpha value is -1.77. The molecule has 1 atom stereocenters. The molecule has 0 aliphatic rings. The van der Waals surface area contributed by atoms with E-state index in [0.717, 1.165) is 0 Å². The highest BCUT2D eigenvalue weighted by Crippen LogP contribution is 2.02. The van der Waals surface area contributed by atoms with Gasteiger partial charge in [-0.1, -0.05) is 6.92 Å². The summed E-state index contributed by atoms with van der Waals surface area (Å²) in [4.78, 5) is 24.0. The van der Waals surface area contributed by atoms with Crippen LogP contribution < -0.4 is 5.32 Å². The van der Waals surface area contributed by atoms with Gasteiger partial charge in [0, 0.05) is 12.6 Å². The summed E-state index contributed by atoms with van der Waals surface area (Å²) >= 11 is 0. The average Bonchev–Trinajstić information content (AvgIpc) is 2.25. The number of carbonyl (C=O) groups excluding carboxylic acids is 1. The second-order valence-corrected chi connectivity index (χ2v) is 3.94. The van der Waals surface area contributed by atoms with Crippen molar-refractivity contribution in [2.75, 3.05) is 6.54 Å². The van der Waals surface area contributed by atoms with E-state index in [9.17, 15) is 9.59 Å². The molecule has 0 aromatic rings. The van der Waals surface area contributed by atoms with Crippen LogP contribution in [0.2, 0.25) is 0 Å². The Morgan fingerprint density at radius 1 is 1.47 bits per heavy atom. The molecule has 1 unspecified atom stereocenters. The predicted octanol–water partition coefficient (Wildman–Crippen LogP) is 1.18. The third-order valence-electron chi connectivity index (χ3n) is 2.35. The molecule has 0 heterocycles. The molecular formula is C11H19N3O3. The smallest absolute Gasteiger partial charge is 0.326 e. The summed E-state index contributed by atoms with van der Waals surface area (Å²) in [6, 6.07) is 0.562. The lowest BCUT2D eigenvalue weighted by Gasteiger charge is -2.27. The molecule has 0 rings (SSSR count). The number of hydrogen-bond acceptors (Lipinski definition) is 3. The van der Waals surface area contributed by atoms with E-state index in [0.29, 0.717) is 13.0 Å². The van der Waals surface area contributed by atoms with Gasteiger partial charge in [-0.05, 0) is 20.3 Å². The first-order chi connectivity index (χ1) is 7.93. The zero-order chi connectivity index (χ0) is 13.4. The molecule has 0 aliphatic carbocycles. The van der Waals surface area contributed by atoms with Gasteiger partial charge in [0.25, 0.3) is 0 Å². The van der Waals surface area contributed by atoms with Crippen LogP contribution in [-0.4, -0.2) is 40.6 Å². The molecule has 0 saturated heterocycles. The lowest BCUT2D eigenvalue weighted by atomic mass is 10.2. The van der Waals surface area contributed by atoms with Crippen LogP contribution in [0.3, 0.4) is 0 Å². The summed E-state index contributed by atoms with van der Waals surface area (Å²) in [6.07, 6.45) is 0.556. The third-order valence-corrected chi connectivity index (χ3v) is 2.35. The molecule has 6 nitrogen and oxygen atoms in total. The quantitative estimate of drug-likeness (QED) is 0.730. The number of urea groups is 1.